The van der Waals surface area contributed by atoms with Gasteiger partial charge < -0.3 is 9.47 Å². The van der Waals surface area contributed by atoms with Crippen LogP contribution in [0.2, 0.25) is 0 Å². The average Bonchev–Trinajstić information content (AvgIpc) is 3.30. The van der Waals surface area contributed by atoms with Crippen LogP contribution in [0.5, 0.6) is 0 Å². The normalized spacial score (nSPS) is 39.5. The van der Waals surface area contributed by atoms with Gasteiger partial charge >= 0.3 is 11.9 Å². The molecule has 5 rings (SSSR count). The minimum absolute atomic E-state index is 0.0111. The lowest BCUT2D eigenvalue weighted by atomic mass is 9.44. The standard InChI is InChI=1S/C33H48O10S/c1-19(7-10-29(37)43-23-6-4-5-20(13-23)17-42-30(38)18-44(39,40)41)24-8-9-25-31-26(16-28(36)33(24,25)3)32(2)12-11-22(34)14-21(32)15-27(31)35/h19-21,23-26,31H,4-18H2,1-3H3,(H,39,40,41)/t19-,20?,21?,23?,24-,25?,26?,31?,32+,33-/m1/s1. The van der Waals surface area contributed by atoms with Gasteiger partial charge in [-0.1, -0.05) is 20.8 Å². The zero-order valence-corrected chi connectivity index (χ0v) is 27.1. The van der Waals surface area contributed by atoms with E-state index in [-0.39, 0.29) is 89.3 Å². The first kappa shape index (κ1) is 33.2. The molecule has 11 heteroatoms. The predicted molar refractivity (Wildman–Crippen MR) is 159 cm³/mol. The van der Waals surface area contributed by atoms with E-state index in [4.69, 9.17) is 14.0 Å². The highest BCUT2D eigenvalue weighted by Gasteiger charge is 2.66. The Morgan fingerprint density at radius 2 is 1.75 bits per heavy atom. The highest BCUT2D eigenvalue weighted by atomic mass is 32.2. The molecule has 0 aromatic heterocycles. The quantitative estimate of drug-likeness (QED) is 0.282. The zero-order valence-electron chi connectivity index (χ0n) is 26.3. The lowest BCUT2D eigenvalue weighted by Gasteiger charge is -2.58. The summed E-state index contributed by atoms with van der Waals surface area (Å²) in [6.07, 6.45) is 7.62. The molecule has 5 aliphatic carbocycles. The molecule has 0 aromatic carbocycles. The van der Waals surface area contributed by atoms with Gasteiger partial charge in [0.05, 0.1) is 6.61 Å². The maximum absolute atomic E-state index is 14.0. The third-order valence-electron chi connectivity index (χ3n) is 12.5. The van der Waals surface area contributed by atoms with Crippen LogP contribution in [0.25, 0.3) is 0 Å². The van der Waals surface area contributed by atoms with E-state index in [9.17, 15) is 32.4 Å². The van der Waals surface area contributed by atoms with Crippen LogP contribution in [0.1, 0.15) is 104 Å². The summed E-state index contributed by atoms with van der Waals surface area (Å²) >= 11 is 0. The number of carbonyl (C=O) groups excluding carboxylic acids is 5. The Kier molecular flexibility index (Phi) is 9.49. The smallest absolute Gasteiger partial charge is 0.323 e. The van der Waals surface area contributed by atoms with Gasteiger partial charge in [0.15, 0.2) is 5.75 Å². The van der Waals surface area contributed by atoms with E-state index in [0.29, 0.717) is 44.9 Å². The van der Waals surface area contributed by atoms with Crippen molar-refractivity contribution in [1.82, 2.24) is 0 Å². The van der Waals surface area contributed by atoms with Crippen molar-refractivity contribution in [3.05, 3.63) is 0 Å². The number of hydrogen-bond donors (Lipinski definition) is 1. The number of esters is 2. The fourth-order valence-electron chi connectivity index (χ4n) is 10.1. The van der Waals surface area contributed by atoms with E-state index in [0.717, 1.165) is 32.1 Å². The number of rotatable bonds is 9. The lowest BCUT2D eigenvalue weighted by Crippen LogP contribution is -2.60. The summed E-state index contributed by atoms with van der Waals surface area (Å²) in [7, 11) is -4.44. The molecule has 0 aromatic rings. The topological polar surface area (TPSA) is 158 Å². The molecule has 5 saturated carbocycles. The third-order valence-corrected chi connectivity index (χ3v) is 13.1. The molecule has 10 atom stereocenters. The number of ketones is 3. The summed E-state index contributed by atoms with van der Waals surface area (Å²) in [5, 5.41) is 0. The van der Waals surface area contributed by atoms with Crippen molar-refractivity contribution in [2.75, 3.05) is 12.4 Å². The molecule has 0 aliphatic heterocycles. The Morgan fingerprint density at radius 3 is 2.48 bits per heavy atom. The fourth-order valence-corrected chi connectivity index (χ4v) is 10.5. The highest BCUT2D eigenvalue weighted by molar-refractivity contribution is 7.86. The van der Waals surface area contributed by atoms with Gasteiger partial charge in [0, 0.05) is 43.4 Å². The molecule has 0 bridgehead atoms. The summed E-state index contributed by atoms with van der Waals surface area (Å²) in [5.41, 5.74) is -0.728. The largest absolute Gasteiger partial charge is 0.465 e. The molecule has 44 heavy (non-hydrogen) atoms. The first-order valence-corrected chi connectivity index (χ1v) is 18.1. The highest BCUT2D eigenvalue weighted by Crippen LogP contribution is 2.66. The van der Waals surface area contributed by atoms with Crippen LogP contribution in [0, 0.1) is 52.3 Å². The monoisotopic (exact) mass is 636 g/mol. The molecule has 0 spiro atoms. The van der Waals surface area contributed by atoms with Crippen LogP contribution < -0.4 is 0 Å². The molecule has 1 N–H and O–H groups in total. The lowest BCUT2D eigenvalue weighted by molar-refractivity contribution is -0.166. The second-order valence-electron chi connectivity index (χ2n) is 15.0. The molecule has 246 valence electrons. The van der Waals surface area contributed by atoms with Gasteiger partial charge in [-0.25, -0.2) is 0 Å². The zero-order chi connectivity index (χ0) is 32.0. The summed E-state index contributed by atoms with van der Waals surface area (Å²) in [4.78, 5) is 64.3. The van der Waals surface area contributed by atoms with Crippen molar-refractivity contribution in [2.24, 2.45) is 52.3 Å². The summed E-state index contributed by atoms with van der Waals surface area (Å²) in [5.74, 6) is -1.56. The second-order valence-corrected chi connectivity index (χ2v) is 16.5. The van der Waals surface area contributed by atoms with Crippen molar-refractivity contribution >= 4 is 39.4 Å². The molecule has 5 aliphatic rings. The Bertz CT molecular complexity index is 1290. The molecule has 6 unspecified atom stereocenters. The van der Waals surface area contributed by atoms with Gasteiger partial charge in [0.25, 0.3) is 10.1 Å². The Balaban J connectivity index is 1.14. The molecular formula is C33H48O10S. The first-order valence-electron chi connectivity index (χ1n) is 16.5. The Labute approximate surface area is 260 Å². The predicted octanol–water partition coefficient (Wildman–Crippen LogP) is 4.52. The number of ether oxygens (including phenoxy) is 2. The van der Waals surface area contributed by atoms with E-state index in [1.54, 1.807) is 0 Å². The van der Waals surface area contributed by atoms with Gasteiger partial charge in [-0.3, -0.25) is 28.5 Å². The molecule has 0 amide bonds. The first-order chi connectivity index (χ1) is 20.6. The van der Waals surface area contributed by atoms with E-state index in [1.807, 2.05) is 0 Å². The van der Waals surface area contributed by atoms with Crippen molar-refractivity contribution in [3.8, 4) is 0 Å². The SMILES string of the molecule is C[C@H](CCC(=O)OC1CCCC(COC(=O)CS(=O)(=O)O)C1)[C@H]1CCC2C3C(=O)CC4CC(=O)CC[C@]4(C)C3CC(=O)[C@@]21C. The molecule has 0 heterocycles. The molecule has 5 fully saturated rings. The van der Waals surface area contributed by atoms with Gasteiger partial charge in [-0.05, 0) is 92.3 Å². The van der Waals surface area contributed by atoms with E-state index < -0.39 is 27.3 Å². The summed E-state index contributed by atoms with van der Waals surface area (Å²) < 4.78 is 41.3. The summed E-state index contributed by atoms with van der Waals surface area (Å²) in [6.45, 7) is 6.40. The molecular weight excluding hydrogens is 588 g/mol. The number of Topliss-reactive ketones (excluding diaryl/α,β-unsaturated/α-hetero) is 3. The molecule has 0 saturated heterocycles. The Hall–Kier alpha value is -2.14. The van der Waals surface area contributed by atoms with Crippen LogP contribution >= 0.6 is 0 Å². The van der Waals surface area contributed by atoms with Crippen LogP contribution in [0.4, 0.5) is 0 Å². The number of fused-ring (bicyclic) bond motifs is 5. The van der Waals surface area contributed by atoms with Crippen molar-refractivity contribution in [3.63, 3.8) is 0 Å². The minimum atomic E-state index is -4.44. The minimum Gasteiger partial charge on any atom is -0.465 e. The molecule has 0 radical (unpaired) electrons. The van der Waals surface area contributed by atoms with E-state index >= 15 is 0 Å². The maximum Gasteiger partial charge on any atom is 0.323 e. The van der Waals surface area contributed by atoms with E-state index in [2.05, 4.69) is 20.8 Å². The number of carbonyl (C=O) groups is 5. The van der Waals surface area contributed by atoms with Crippen LogP contribution in [0.3, 0.4) is 0 Å². The fraction of sp³-hybridized carbons (Fsp3) is 0.848. The maximum atomic E-state index is 14.0. The van der Waals surface area contributed by atoms with Crippen LogP contribution in [-0.4, -0.2) is 60.7 Å². The van der Waals surface area contributed by atoms with Crippen molar-refractivity contribution in [1.29, 1.82) is 0 Å². The molecule has 10 nitrogen and oxygen atoms in total. The van der Waals surface area contributed by atoms with E-state index in [1.165, 1.54) is 0 Å². The van der Waals surface area contributed by atoms with Gasteiger partial charge in [-0.2, -0.15) is 8.42 Å². The van der Waals surface area contributed by atoms with Gasteiger partial charge in [0.2, 0.25) is 0 Å². The van der Waals surface area contributed by atoms with Crippen molar-refractivity contribution < 1.29 is 46.4 Å². The second kappa shape index (κ2) is 12.6. The van der Waals surface area contributed by atoms with Gasteiger partial charge in [0.1, 0.15) is 23.5 Å². The number of hydrogen-bond acceptors (Lipinski definition) is 9. The van der Waals surface area contributed by atoms with Crippen LogP contribution in [0.15, 0.2) is 0 Å². The van der Waals surface area contributed by atoms with Crippen LogP contribution in [-0.2, 0) is 43.6 Å². The summed E-state index contributed by atoms with van der Waals surface area (Å²) in [6, 6.07) is 0. The van der Waals surface area contributed by atoms with Crippen molar-refractivity contribution in [2.45, 2.75) is 110 Å². The Morgan fingerprint density at radius 1 is 1.00 bits per heavy atom. The average molecular weight is 637 g/mol. The van der Waals surface area contributed by atoms with Gasteiger partial charge in [-0.15, -0.1) is 0 Å². The third kappa shape index (κ3) is 6.55.